The third-order valence-electron chi connectivity index (χ3n) is 3.35. The van der Waals surface area contributed by atoms with Gasteiger partial charge in [0.05, 0.1) is 0 Å². The van der Waals surface area contributed by atoms with Gasteiger partial charge in [0.15, 0.2) is 0 Å². The second kappa shape index (κ2) is 8.20. The van der Waals surface area contributed by atoms with Crippen molar-refractivity contribution in [1.29, 1.82) is 0 Å². The van der Waals surface area contributed by atoms with E-state index < -0.39 is 0 Å². The van der Waals surface area contributed by atoms with Gasteiger partial charge in [-0.3, -0.25) is 0 Å². The van der Waals surface area contributed by atoms with E-state index >= 15 is 0 Å². The fourth-order valence-electron chi connectivity index (χ4n) is 2.15. The lowest BCUT2D eigenvalue weighted by atomic mass is 10.1. The van der Waals surface area contributed by atoms with Gasteiger partial charge in [0.1, 0.15) is 5.82 Å². The molecule has 1 atom stereocenters. The first kappa shape index (κ1) is 16.1. The fraction of sp³-hybridized carbons (Fsp3) is 0.333. The predicted octanol–water partition coefficient (Wildman–Crippen LogP) is 5.18. The molecule has 0 fully saturated rings. The minimum atomic E-state index is -0.167. The van der Waals surface area contributed by atoms with Gasteiger partial charge in [-0.05, 0) is 55.3 Å². The van der Waals surface area contributed by atoms with Crippen molar-refractivity contribution in [3.63, 3.8) is 0 Å². The van der Waals surface area contributed by atoms with Crippen LogP contribution in [0.5, 0.6) is 0 Å². The van der Waals surface area contributed by atoms with Gasteiger partial charge in [-0.2, -0.15) is 0 Å². The van der Waals surface area contributed by atoms with Gasteiger partial charge in [0, 0.05) is 16.7 Å². The largest absolute Gasteiger partial charge is 0.310 e. The molecule has 0 saturated carbocycles. The Balaban J connectivity index is 1.97. The Bertz CT molecular complexity index is 571. The maximum Gasteiger partial charge on any atom is 0.123 e. The Hall–Kier alpha value is -1.32. The molecule has 0 heterocycles. The van der Waals surface area contributed by atoms with Crippen LogP contribution in [0, 0.1) is 5.82 Å². The van der Waals surface area contributed by atoms with Crippen LogP contribution in [-0.2, 0) is 5.75 Å². The van der Waals surface area contributed by atoms with Crippen LogP contribution in [0.15, 0.2) is 53.4 Å². The third-order valence-corrected chi connectivity index (χ3v) is 4.42. The molecule has 0 saturated heterocycles. The van der Waals surface area contributed by atoms with Crippen LogP contribution in [0.3, 0.4) is 0 Å². The summed E-state index contributed by atoms with van der Waals surface area (Å²) in [5.74, 6) is 0.622. The summed E-state index contributed by atoms with van der Waals surface area (Å²) < 4.78 is 13.2. The molecule has 0 bridgehead atoms. The van der Waals surface area contributed by atoms with Gasteiger partial charge in [-0.15, -0.1) is 11.8 Å². The standard InChI is InChI=1S/C18H22FNS/c1-3-10-20-14(2)16-7-5-9-18(12-16)21-13-15-6-4-8-17(19)11-15/h4-9,11-12,14,20H,3,10,13H2,1-2H3. The summed E-state index contributed by atoms with van der Waals surface area (Å²) in [6, 6.07) is 15.7. The maximum absolute atomic E-state index is 13.2. The summed E-state index contributed by atoms with van der Waals surface area (Å²) in [6.45, 7) is 5.39. The van der Waals surface area contributed by atoms with Crippen LogP contribution in [-0.4, -0.2) is 6.54 Å². The zero-order chi connectivity index (χ0) is 15.1. The lowest BCUT2D eigenvalue weighted by molar-refractivity contribution is 0.570. The lowest BCUT2D eigenvalue weighted by Crippen LogP contribution is -2.19. The van der Waals surface area contributed by atoms with Gasteiger partial charge in [-0.1, -0.05) is 31.2 Å². The molecular formula is C18H22FNS. The highest BCUT2D eigenvalue weighted by atomic mass is 32.2. The minimum absolute atomic E-state index is 0.167. The van der Waals surface area contributed by atoms with Gasteiger partial charge >= 0.3 is 0 Å². The first-order chi connectivity index (χ1) is 10.2. The second-order valence-corrected chi connectivity index (χ2v) is 6.22. The first-order valence-corrected chi connectivity index (χ1v) is 8.38. The normalized spacial score (nSPS) is 12.3. The summed E-state index contributed by atoms with van der Waals surface area (Å²) in [5, 5.41) is 3.50. The lowest BCUT2D eigenvalue weighted by Gasteiger charge is -2.14. The van der Waals surface area contributed by atoms with Crippen molar-refractivity contribution in [2.75, 3.05) is 6.54 Å². The molecule has 0 aliphatic heterocycles. The van der Waals surface area contributed by atoms with E-state index in [4.69, 9.17) is 0 Å². The number of hydrogen-bond acceptors (Lipinski definition) is 2. The molecule has 1 nitrogen and oxygen atoms in total. The highest BCUT2D eigenvalue weighted by Gasteiger charge is 2.05. The van der Waals surface area contributed by atoms with Crippen molar-refractivity contribution in [3.8, 4) is 0 Å². The van der Waals surface area contributed by atoms with E-state index in [1.54, 1.807) is 23.9 Å². The van der Waals surface area contributed by atoms with Crippen LogP contribution in [0.1, 0.15) is 37.4 Å². The Morgan fingerprint density at radius 2 is 1.95 bits per heavy atom. The molecule has 0 aliphatic rings. The Kier molecular flexibility index (Phi) is 6.27. The van der Waals surface area contributed by atoms with Crippen LogP contribution in [0.2, 0.25) is 0 Å². The number of halogens is 1. The summed E-state index contributed by atoms with van der Waals surface area (Å²) >= 11 is 1.74. The molecule has 0 aliphatic carbocycles. The van der Waals surface area contributed by atoms with Gasteiger partial charge in [-0.25, -0.2) is 4.39 Å². The van der Waals surface area contributed by atoms with Gasteiger partial charge in [0.25, 0.3) is 0 Å². The molecular weight excluding hydrogens is 281 g/mol. The molecule has 2 aromatic carbocycles. The molecule has 1 N–H and O–H groups in total. The zero-order valence-electron chi connectivity index (χ0n) is 12.6. The molecule has 0 radical (unpaired) electrons. The van der Waals surface area contributed by atoms with E-state index in [-0.39, 0.29) is 5.82 Å². The monoisotopic (exact) mass is 303 g/mol. The van der Waals surface area contributed by atoms with E-state index in [2.05, 4.69) is 43.4 Å². The van der Waals surface area contributed by atoms with Crippen LogP contribution < -0.4 is 5.32 Å². The van der Waals surface area contributed by atoms with E-state index in [9.17, 15) is 4.39 Å². The topological polar surface area (TPSA) is 12.0 Å². The molecule has 2 rings (SSSR count). The number of thioether (sulfide) groups is 1. The van der Waals surface area contributed by atoms with E-state index in [1.807, 2.05) is 6.07 Å². The number of hydrogen-bond donors (Lipinski definition) is 1. The Morgan fingerprint density at radius 1 is 1.14 bits per heavy atom. The van der Waals surface area contributed by atoms with Crippen molar-refractivity contribution in [1.82, 2.24) is 5.32 Å². The summed E-state index contributed by atoms with van der Waals surface area (Å²) in [6.07, 6.45) is 1.14. The highest BCUT2D eigenvalue weighted by molar-refractivity contribution is 7.98. The van der Waals surface area contributed by atoms with Crippen molar-refractivity contribution >= 4 is 11.8 Å². The quantitative estimate of drug-likeness (QED) is 0.707. The van der Waals surface area contributed by atoms with E-state index in [0.29, 0.717) is 6.04 Å². The minimum Gasteiger partial charge on any atom is -0.310 e. The second-order valence-electron chi connectivity index (χ2n) is 5.17. The summed E-state index contributed by atoms with van der Waals surface area (Å²) in [4.78, 5) is 1.22. The van der Waals surface area contributed by atoms with E-state index in [1.165, 1.54) is 16.5 Å². The van der Waals surface area contributed by atoms with Crippen molar-refractivity contribution in [2.24, 2.45) is 0 Å². The zero-order valence-corrected chi connectivity index (χ0v) is 13.4. The molecule has 0 aromatic heterocycles. The average molecular weight is 303 g/mol. The first-order valence-electron chi connectivity index (χ1n) is 7.39. The number of benzene rings is 2. The molecule has 1 unspecified atom stereocenters. The maximum atomic E-state index is 13.2. The highest BCUT2D eigenvalue weighted by Crippen LogP contribution is 2.25. The SMILES string of the molecule is CCCNC(C)c1cccc(SCc2cccc(F)c2)c1. The molecule has 112 valence electrons. The fourth-order valence-corrected chi connectivity index (χ4v) is 3.05. The molecule has 2 aromatic rings. The summed E-state index contributed by atoms with van der Waals surface area (Å²) in [5.41, 5.74) is 2.32. The summed E-state index contributed by atoms with van der Waals surface area (Å²) in [7, 11) is 0. The number of nitrogens with one attached hydrogen (secondary N) is 1. The van der Waals surface area contributed by atoms with Crippen LogP contribution in [0.25, 0.3) is 0 Å². The Labute approximate surface area is 131 Å². The van der Waals surface area contributed by atoms with Gasteiger partial charge in [0.2, 0.25) is 0 Å². The van der Waals surface area contributed by atoms with Gasteiger partial charge < -0.3 is 5.32 Å². The smallest absolute Gasteiger partial charge is 0.123 e. The molecule has 0 amide bonds. The average Bonchev–Trinajstić information content (AvgIpc) is 2.51. The third kappa shape index (κ3) is 5.18. The number of rotatable bonds is 7. The van der Waals surface area contributed by atoms with Crippen molar-refractivity contribution in [3.05, 3.63) is 65.5 Å². The van der Waals surface area contributed by atoms with Crippen LogP contribution >= 0.6 is 11.8 Å². The Morgan fingerprint density at radius 3 is 2.71 bits per heavy atom. The molecule has 21 heavy (non-hydrogen) atoms. The molecule has 3 heteroatoms. The van der Waals surface area contributed by atoms with Crippen molar-refractivity contribution in [2.45, 2.75) is 37.0 Å². The predicted molar refractivity (Wildman–Crippen MR) is 89.1 cm³/mol. The van der Waals surface area contributed by atoms with Crippen molar-refractivity contribution < 1.29 is 4.39 Å². The molecule has 0 spiro atoms. The van der Waals surface area contributed by atoms with Crippen LogP contribution in [0.4, 0.5) is 4.39 Å². The van der Waals surface area contributed by atoms with E-state index in [0.717, 1.165) is 24.3 Å².